The highest BCUT2D eigenvalue weighted by Gasteiger charge is 2.33. The number of ether oxygens (including phenoxy) is 2. The van der Waals surface area contributed by atoms with Crippen LogP contribution in [0.1, 0.15) is 26.2 Å². The van der Waals surface area contributed by atoms with Gasteiger partial charge in [-0.1, -0.05) is 0 Å². The Balaban J connectivity index is 1.98. The van der Waals surface area contributed by atoms with Gasteiger partial charge >= 0.3 is 0 Å². The van der Waals surface area contributed by atoms with Crippen LogP contribution in [0.25, 0.3) is 0 Å². The average molecular weight is 198 g/mol. The zero-order chi connectivity index (χ0) is 9.97. The summed E-state index contributed by atoms with van der Waals surface area (Å²) in [5.41, 5.74) is 2.79. The van der Waals surface area contributed by atoms with E-state index in [0.29, 0.717) is 6.10 Å². The van der Waals surface area contributed by atoms with Crippen molar-refractivity contribution in [3.63, 3.8) is 0 Å². The van der Waals surface area contributed by atoms with E-state index in [2.05, 4.69) is 18.4 Å². The Labute approximate surface area is 84.4 Å². The van der Waals surface area contributed by atoms with Crippen LogP contribution in [0.2, 0.25) is 0 Å². The van der Waals surface area contributed by atoms with Crippen LogP contribution in [0.3, 0.4) is 0 Å². The molecule has 0 spiro atoms. The lowest BCUT2D eigenvalue weighted by Gasteiger charge is -2.23. The van der Waals surface area contributed by atoms with Gasteiger partial charge in [0.2, 0.25) is 0 Å². The van der Waals surface area contributed by atoms with Gasteiger partial charge in [-0.05, 0) is 25.8 Å². The predicted octanol–water partition coefficient (Wildman–Crippen LogP) is 0.690. The molecule has 2 aliphatic rings. The molecule has 0 aromatic carbocycles. The second-order valence-corrected chi connectivity index (χ2v) is 3.95. The molecule has 14 heavy (non-hydrogen) atoms. The SMILES string of the molecule is CC1CCC(C(NN)C2=CCCO2)O1. The van der Waals surface area contributed by atoms with Crippen molar-refractivity contribution in [3.8, 4) is 0 Å². The largest absolute Gasteiger partial charge is 0.496 e. The van der Waals surface area contributed by atoms with Gasteiger partial charge in [0.25, 0.3) is 0 Å². The third kappa shape index (κ3) is 1.92. The third-order valence-electron chi connectivity index (χ3n) is 2.85. The van der Waals surface area contributed by atoms with Gasteiger partial charge in [-0.15, -0.1) is 0 Å². The second-order valence-electron chi connectivity index (χ2n) is 3.95. The smallest absolute Gasteiger partial charge is 0.113 e. The molecule has 3 atom stereocenters. The first-order valence-electron chi connectivity index (χ1n) is 5.25. The first-order chi connectivity index (χ1) is 6.81. The Morgan fingerprint density at radius 3 is 2.93 bits per heavy atom. The van der Waals surface area contributed by atoms with Crippen molar-refractivity contribution in [2.75, 3.05) is 6.61 Å². The zero-order valence-corrected chi connectivity index (χ0v) is 8.53. The first-order valence-corrected chi connectivity index (χ1v) is 5.25. The lowest BCUT2D eigenvalue weighted by molar-refractivity contribution is 0.0270. The van der Waals surface area contributed by atoms with Gasteiger partial charge in [0.1, 0.15) is 11.8 Å². The molecule has 2 heterocycles. The highest BCUT2D eigenvalue weighted by Crippen LogP contribution is 2.26. The maximum absolute atomic E-state index is 5.76. The minimum Gasteiger partial charge on any atom is -0.496 e. The number of rotatable bonds is 3. The highest BCUT2D eigenvalue weighted by molar-refractivity contribution is 5.10. The summed E-state index contributed by atoms with van der Waals surface area (Å²) in [7, 11) is 0. The molecule has 4 nitrogen and oxygen atoms in total. The molecule has 2 rings (SSSR count). The lowest BCUT2D eigenvalue weighted by atomic mass is 10.1. The van der Waals surface area contributed by atoms with Crippen molar-refractivity contribution in [2.24, 2.45) is 5.84 Å². The summed E-state index contributed by atoms with van der Waals surface area (Å²) in [5.74, 6) is 6.48. The van der Waals surface area contributed by atoms with E-state index in [9.17, 15) is 0 Å². The summed E-state index contributed by atoms with van der Waals surface area (Å²) < 4.78 is 11.3. The van der Waals surface area contributed by atoms with Crippen LogP contribution in [0.5, 0.6) is 0 Å². The second kappa shape index (κ2) is 4.29. The van der Waals surface area contributed by atoms with E-state index in [1.807, 2.05) is 0 Å². The molecule has 0 bridgehead atoms. The molecule has 2 aliphatic heterocycles. The molecule has 80 valence electrons. The Morgan fingerprint density at radius 2 is 2.43 bits per heavy atom. The minimum atomic E-state index is 0.0300. The molecule has 0 aliphatic carbocycles. The fourth-order valence-corrected chi connectivity index (χ4v) is 2.10. The number of hydrogen-bond acceptors (Lipinski definition) is 4. The predicted molar refractivity (Wildman–Crippen MR) is 53.3 cm³/mol. The van der Waals surface area contributed by atoms with Crippen LogP contribution in [-0.4, -0.2) is 24.9 Å². The van der Waals surface area contributed by atoms with Crippen molar-refractivity contribution in [2.45, 2.75) is 44.4 Å². The van der Waals surface area contributed by atoms with Crippen molar-refractivity contribution in [3.05, 3.63) is 11.8 Å². The Bertz CT molecular complexity index is 230. The van der Waals surface area contributed by atoms with Crippen molar-refractivity contribution >= 4 is 0 Å². The highest BCUT2D eigenvalue weighted by atomic mass is 16.5. The zero-order valence-electron chi connectivity index (χ0n) is 8.53. The number of hydrazine groups is 1. The van der Waals surface area contributed by atoms with Crippen LogP contribution in [-0.2, 0) is 9.47 Å². The van der Waals surface area contributed by atoms with Gasteiger partial charge < -0.3 is 9.47 Å². The molecule has 3 unspecified atom stereocenters. The van der Waals surface area contributed by atoms with Gasteiger partial charge in [-0.3, -0.25) is 5.84 Å². The molecule has 0 aromatic rings. The maximum Gasteiger partial charge on any atom is 0.113 e. The van der Waals surface area contributed by atoms with E-state index < -0.39 is 0 Å². The van der Waals surface area contributed by atoms with Gasteiger partial charge in [-0.2, -0.15) is 0 Å². The summed E-state index contributed by atoms with van der Waals surface area (Å²) in [6.45, 7) is 2.87. The van der Waals surface area contributed by atoms with Crippen LogP contribution in [0, 0.1) is 0 Å². The van der Waals surface area contributed by atoms with Crippen LogP contribution in [0.4, 0.5) is 0 Å². The number of nitrogens with one attached hydrogen (secondary N) is 1. The molecule has 0 amide bonds. The lowest BCUT2D eigenvalue weighted by Crippen LogP contribution is -2.45. The maximum atomic E-state index is 5.76. The summed E-state index contributed by atoms with van der Waals surface area (Å²) in [4.78, 5) is 0. The van der Waals surface area contributed by atoms with Crippen LogP contribution < -0.4 is 11.3 Å². The number of hydrogen-bond donors (Lipinski definition) is 2. The van der Waals surface area contributed by atoms with Crippen molar-refractivity contribution < 1.29 is 9.47 Å². The normalized spacial score (nSPS) is 34.0. The Hall–Kier alpha value is -0.580. The van der Waals surface area contributed by atoms with Gasteiger partial charge in [0.15, 0.2) is 0 Å². The summed E-state index contributed by atoms with van der Waals surface area (Å²) in [6.07, 6.45) is 5.75. The summed E-state index contributed by atoms with van der Waals surface area (Å²) in [6, 6.07) is 0.0300. The fraction of sp³-hybridized carbons (Fsp3) is 0.800. The van der Waals surface area contributed by atoms with E-state index in [1.54, 1.807) is 0 Å². The van der Waals surface area contributed by atoms with E-state index >= 15 is 0 Å². The molecule has 1 saturated heterocycles. The minimum absolute atomic E-state index is 0.0300. The Morgan fingerprint density at radius 1 is 1.57 bits per heavy atom. The van der Waals surface area contributed by atoms with Gasteiger partial charge in [0.05, 0.1) is 18.8 Å². The monoisotopic (exact) mass is 198 g/mol. The van der Waals surface area contributed by atoms with Gasteiger partial charge in [0, 0.05) is 6.42 Å². The van der Waals surface area contributed by atoms with Crippen molar-refractivity contribution in [1.29, 1.82) is 0 Å². The standard InChI is InChI=1S/C10H18N2O2/c1-7-4-5-9(14-7)10(12-11)8-3-2-6-13-8/h3,7,9-10,12H,2,4-6,11H2,1H3. The van der Waals surface area contributed by atoms with Crippen molar-refractivity contribution in [1.82, 2.24) is 5.43 Å². The fourth-order valence-electron chi connectivity index (χ4n) is 2.10. The third-order valence-corrected chi connectivity index (χ3v) is 2.85. The van der Waals surface area contributed by atoms with E-state index in [0.717, 1.165) is 31.6 Å². The van der Waals surface area contributed by atoms with E-state index in [4.69, 9.17) is 15.3 Å². The molecule has 0 saturated carbocycles. The van der Waals surface area contributed by atoms with Gasteiger partial charge in [-0.25, -0.2) is 5.43 Å². The molecule has 1 fully saturated rings. The van der Waals surface area contributed by atoms with Crippen LogP contribution >= 0.6 is 0 Å². The molecule has 3 N–H and O–H groups in total. The quantitative estimate of drug-likeness (QED) is 0.517. The van der Waals surface area contributed by atoms with E-state index in [1.165, 1.54) is 0 Å². The molecular formula is C10H18N2O2. The summed E-state index contributed by atoms with van der Waals surface area (Å²) in [5, 5.41) is 0. The molecule has 4 heteroatoms. The van der Waals surface area contributed by atoms with E-state index in [-0.39, 0.29) is 12.1 Å². The molecule has 0 radical (unpaired) electrons. The first kappa shape index (κ1) is 9.96. The van der Waals surface area contributed by atoms with Crippen LogP contribution in [0.15, 0.2) is 11.8 Å². The molecular weight excluding hydrogens is 180 g/mol. The summed E-state index contributed by atoms with van der Waals surface area (Å²) >= 11 is 0. The number of nitrogens with two attached hydrogens (primary N) is 1. The topological polar surface area (TPSA) is 56.5 Å². The Kier molecular flexibility index (Phi) is 3.05. The molecule has 0 aromatic heterocycles. The average Bonchev–Trinajstić information content (AvgIpc) is 2.79.